The van der Waals surface area contributed by atoms with Gasteiger partial charge in [-0.3, -0.25) is 0 Å². The van der Waals surface area contributed by atoms with Crippen LogP contribution >= 0.6 is 0 Å². The number of benzene rings is 1. The third-order valence-corrected chi connectivity index (χ3v) is 2.24. The normalized spacial score (nSPS) is 12.1. The van der Waals surface area contributed by atoms with Crippen LogP contribution in [0.5, 0.6) is 5.75 Å². The molecule has 10 heteroatoms. The Morgan fingerprint density at radius 3 is 2.21 bits per heavy atom. The molecular weight excluding hydrogens is 296 g/mol. The standard InChI is InChI=1S/C9H6F4O5S/c1-17-8(14)5-2-6(9(10,11)12)4-7(3-5)18-19(13,15)16/h2-4H,1H3. The van der Waals surface area contributed by atoms with E-state index in [-0.39, 0.29) is 6.07 Å². The third kappa shape index (κ3) is 4.39. The molecular formula is C9H6F4O5S. The Morgan fingerprint density at radius 2 is 1.79 bits per heavy atom. The third-order valence-electron chi connectivity index (χ3n) is 1.85. The molecule has 0 bridgehead atoms. The number of halogens is 4. The fourth-order valence-corrected chi connectivity index (χ4v) is 1.49. The molecule has 1 rings (SSSR count). The average molecular weight is 302 g/mol. The first kappa shape index (κ1) is 15.2. The van der Waals surface area contributed by atoms with Crippen molar-refractivity contribution < 1.29 is 39.2 Å². The van der Waals surface area contributed by atoms with Crippen LogP contribution in [0.1, 0.15) is 15.9 Å². The first-order valence-corrected chi connectivity index (χ1v) is 5.78. The SMILES string of the molecule is COC(=O)c1cc(OS(=O)(=O)F)cc(C(F)(F)F)c1. The van der Waals surface area contributed by atoms with Gasteiger partial charge in [0.15, 0.2) is 0 Å². The first-order chi connectivity index (χ1) is 8.53. The molecule has 0 atom stereocenters. The van der Waals surface area contributed by atoms with Crippen molar-refractivity contribution in [1.29, 1.82) is 0 Å². The van der Waals surface area contributed by atoms with Gasteiger partial charge in [0.25, 0.3) is 0 Å². The van der Waals surface area contributed by atoms with Crippen LogP contribution in [0.15, 0.2) is 18.2 Å². The molecule has 19 heavy (non-hydrogen) atoms. The fourth-order valence-electron chi connectivity index (χ4n) is 1.16. The summed E-state index contributed by atoms with van der Waals surface area (Å²) in [5, 5.41) is 0. The second kappa shape index (κ2) is 5.03. The second-order valence-electron chi connectivity index (χ2n) is 3.21. The Labute approximate surface area is 105 Å². The molecule has 1 aromatic rings. The van der Waals surface area contributed by atoms with Crippen molar-refractivity contribution >= 4 is 16.5 Å². The van der Waals surface area contributed by atoms with Crippen molar-refractivity contribution in [2.24, 2.45) is 0 Å². The minimum Gasteiger partial charge on any atom is -0.465 e. The van der Waals surface area contributed by atoms with E-state index in [1.165, 1.54) is 0 Å². The van der Waals surface area contributed by atoms with Gasteiger partial charge >= 0.3 is 22.6 Å². The van der Waals surface area contributed by atoms with Gasteiger partial charge in [0.1, 0.15) is 5.75 Å². The molecule has 106 valence electrons. The maximum Gasteiger partial charge on any atom is 0.488 e. The quantitative estimate of drug-likeness (QED) is 0.486. The summed E-state index contributed by atoms with van der Waals surface area (Å²) in [7, 11) is -4.60. The van der Waals surface area contributed by atoms with Crippen LogP contribution in [0.2, 0.25) is 0 Å². The second-order valence-corrected chi connectivity index (χ2v) is 4.16. The van der Waals surface area contributed by atoms with Crippen LogP contribution in [-0.4, -0.2) is 21.5 Å². The van der Waals surface area contributed by atoms with Gasteiger partial charge in [-0.05, 0) is 18.2 Å². The van der Waals surface area contributed by atoms with E-state index in [9.17, 15) is 30.3 Å². The number of rotatable bonds is 3. The minimum absolute atomic E-state index is 0.240. The summed E-state index contributed by atoms with van der Waals surface area (Å²) in [4.78, 5) is 11.1. The van der Waals surface area contributed by atoms with E-state index in [0.717, 1.165) is 7.11 Å². The highest BCUT2D eigenvalue weighted by Gasteiger charge is 2.32. The Morgan fingerprint density at radius 1 is 1.21 bits per heavy atom. The molecule has 0 aliphatic heterocycles. The average Bonchev–Trinajstić information content (AvgIpc) is 2.24. The summed E-state index contributed by atoms with van der Waals surface area (Å²) < 4.78 is 78.1. The number of hydrogen-bond acceptors (Lipinski definition) is 5. The monoisotopic (exact) mass is 302 g/mol. The van der Waals surface area contributed by atoms with Gasteiger partial charge in [-0.15, -0.1) is 0 Å². The van der Waals surface area contributed by atoms with Gasteiger partial charge < -0.3 is 8.92 Å². The van der Waals surface area contributed by atoms with Crippen LogP contribution in [0.4, 0.5) is 17.1 Å². The van der Waals surface area contributed by atoms with E-state index >= 15 is 0 Å². The summed E-state index contributed by atoms with van der Waals surface area (Å²) >= 11 is 0. The molecule has 0 fully saturated rings. The van der Waals surface area contributed by atoms with Crippen molar-refractivity contribution in [2.75, 3.05) is 7.11 Å². The minimum atomic E-state index is -5.51. The molecule has 0 heterocycles. The Hall–Kier alpha value is -1.84. The number of esters is 1. The molecule has 0 aliphatic carbocycles. The highest BCUT2D eigenvalue weighted by Crippen LogP contribution is 2.33. The lowest BCUT2D eigenvalue weighted by Crippen LogP contribution is -2.10. The lowest BCUT2D eigenvalue weighted by atomic mass is 10.1. The molecule has 0 aliphatic rings. The highest BCUT2D eigenvalue weighted by atomic mass is 32.3. The van der Waals surface area contributed by atoms with Crippen LogP contribution in [-0.2, 0) is 21.4 Å². The maximum absolute atomic E-state index is 12.5. The zero-order valence-corrected chi connectivity index (χ0v) is 10.0. The summed E-state index contributed by atoms with van der Waals surface area (Å²) in [6.07, 6.45) is -4.87. The number of hydrogen-bond donors (Lipinski definition) is 0. The van der Waals surface area contributed by atoms with Gasteiger partial charge in [-0.2, -0.15) is 21.6 Å². The van der Waals surface area contributed by atoms with Crippen molar-refractivity contribution in [1.82, 2.24) is 0 Å². The number of carbonyl (C=O) groups is 1. The van der Waals surface area contributed by atoms with Gasteiger partial charge in [0.2, 0.25) is 0 Å². The molecule has 0 saturated carbocycles. The van der Waals surface area contributed by atoms with Crippen LogP contribution < -0.4 is 4.18 Å². The van der Waals surface area contributed by atoms with E-state index in [1.807, 2.05) is 0 Å². The topological polar surface area (TPSA) is 69.7 Å². The van der Waals surface area contributed by atoms with Gasteiger partial charge in [0, 0.05) is 0 Å². The van der Waals surface area contributed by atoms with Crippen LogP contribution in [0.3, 0.4) is 0 Å². The van der Waals surface area contributed by atoms with E-state index in [2.05, 4.69) is 8.92 Å². The number of carbonyl (C=O) groups excluding carboxylic acids is 1. The molecule has 5 nitrogen and oxygen atoms in total. The van der Waals surface area contributed by atoms with Gasteiger partial charge in [-0.25, -0.2) is 4.79 Å². The summed E-state index contributed by atoms with van der Waals surface area (Å²) in [5.41, 5.74) is -2.01. The first-order valence-electron chi connectivity index (χ1n) is 4.47. The number of methoxy groups -OCH3 is 1. The van der Waals surface area contributed by atoms with Crippen molar-refractivity contribution in [3.8, 4) is 5.75 Å². The van der Waals surface area contributed by atoms with Crippen molar-refractivity contribution in [2.45, 2.75) is 6.18 Å². The number of alkyl halides is 3. The Balaban J connectivity index is 3.36. The molecule has 0 N–H and O–H groups in total. The molecule has 1 aromatic carbocycles. The smallest absolute Gasteiger partial charge is 0.465 e. The Kier molecular flexibility index (Phi) is 4.03. The summed E-state index contributed by atoms with van der Waals surface area (Å²) in [6, 6.07) is 1.27. The number of ether oxygens (including phenoxy) is 1. The molecule has 0 radical (unpaired) electrons. The van der Waals surface area contributed by atoms with E-state index < -0.39 is 39.5 Å². The zero-order chi connectivity index (χ0) is 14.8. The van der Waals surface area contributed by atoms with E-state index in [1.54, 1.807) is 0 Å². The van der Waals surface area contributed by atoms with E-state index in [4.69, 9.17) is 0 Å². The zero-order valence-electron chi connectivity index (χ0n) is 9.19. The molecule has 0 aromatic heterocycles. The van der Waals surface area contributed by atoms with Crippen LogP contribution in [0, 0.1) is 0 Å². The lowest BCUT2D eigenvalue weighted by Gasteiger charge is -2.10. The maximum atomic E-state index is 12.5. The molecule has 0 saturated heterocycles. The summed E-state index contributed by atoms with van der Waals surface area (Å²) in [6.45, 7) is 0. The Bertz CT molecular complexity index is 593. The predicted octanol–water partition coefficient (Wildman–Crippen LogP) is 2.09. The lowest BCUT2D eigenvalue weighted by molar-refractivity contribution is -0.137. The van der Waals surface area contributed by atoms with Gasteiger partial charge in [-0.1, -0.05) is 3.89 Å². The predicted molar refractivity (Wildman–Crippen MR) is 53.4 cm³/mol. The molecule has 0 spiro atoms. The largest absolute Gasteiger partial charge is 0.488 e. The van der Waals surface area contributed by atoms with Crippen LogP contribution in [0.25, 0.3) is 0 Å². The molecule has 0 amide bonds. The van der Waals surface area contributed by atoms with E-state index in [0.29, 0.717) is 12.1 Å². The van der Waals surface area contributed by atoms with Gasteiger partial charge in [0.05, 0.1) is 18.2 Å². The molecule has 0 unspecified atom stereocenters. The van der Waals surface area contributed by atoms with Crippen molar-refractivity contribution in [3.63, 3.8) is 0 Å². The highest BCUT2D eigenvalue weighted by molar-refractivity contribution is 7.81. The summed E-state index contributed by atoms with van der Waals surface area (Å²) in [5.74, 6) is -2.15. The van der Waals surface area contributed by atoms with Crippen molar-refractivity contribution in [3.05, 3.63) is 29.3 Å². The fraction of sp³-hybridized carbons (Fsp3) is 0.222.